The highest BCUT2D eigenvalue weighted by molar-refractivity contribution is 6.32. The fourth-order valence-corrected chi connectivity index (χ4v) is 2.52. The van der Waals surface area contributed by atoms with E-state index in [2.05, 4.69) is 10.2 Å². The van der Waals surface area contributed by atoms with Gasteiger partial charge in [0, 0.05) is 15.8 Å². The summed E-state index contributed by atoms with van der Waals surface area (Å²) in [6, 6.07) is 7.96. The molecule has 0 spiro atoms. The Hall–Kier alpha value is -1.38. The van der Waals surface area contributed by atoms with Gasteiger partial charge in [0.05, 0.1) is 11.9 Å². The second-order valence-corrected chi connectivity index (χ2v) is 5.38. The van der Waals surface area contributed by atoms with E-state index in [9.17, 15) is 0 Å². The molecule has 1 unspecified atom stereocenters. The molecular formula is C14H10Cl2N2. The van der Waals surface area contributed by atoms with Crippen LogP contribution in [0.4, 0.5) is 0 Å². The zero-order valence-electron chi connectivity index (χ0n) is 9.48. The lowest BCUT2D eigenvalue weighted by molar-refractivity contribution is 0.719. The highest BCUT2D eigenvalue weighted by Crippen LogP contribution is 2.40. The fraction of sp³-hybridized carbons (Fsp3) is 0.143. The van der Waals surface area contributed by atoms with Crippen molar-refractivity contribution in [3.8, 4) is 0 Å². The minimum absolute atomic E-state index is 0.618. The van der Waals surface area contributed by atoms with Crippen molar-refractivity contribution in [3.05, 3.63) is 59.4 Å². The van der Waals surface area contributed by atoms with Gasteiger partial charge in [-0.1, -0.05) is 48.0 Å². The summed E-state index contributed by atoms with van der Waals surface area (Å²) in [5.74, 6) is 0. The van der Waals surface area contributed by atoms with Gasteiger partial charge in [0.1, 0.15) is 4.87 Å². The first-order valence-electron chi connectivity index (χ1n) is 5.64. The maximum atomic E-state index is 6.65. The second kappa shape index (κ2) is 4.38. The molecule has 0 saturated carbocycles. The van der Waals surface area contributed by atoms with Crippen LogP contribution in [0.1, 0.15) is 12.1 Å². The third-order valence-electron chi connectivity index (χ3n) is 3.06. The number of nitrogens with zero attached hydrogens (tertiary/aromatic N) is 2. The lowest BCUT2D eigenvalue weighted by atomic mass is 9.93. The molecule has 0 N–H and O–H groups in total. The normalized spacial score (nSPS) is 23.1. The standard InChI is InChI=1S/C14H10Cl2N2/c15-11-5-7-14(16,8-6-11)13-12-4-2-1-3-10(12)9-17-18-13/h1-7,9H,8H2. The summed E-state index contributed by atoms with van der Waals surface area (Å²) in [5, 5.41) is 11.0. The van der Waals surface area contributed by atoms with Gasteiger partial charge in [-0.3, -0.25) is 0 Å². The molecule has 0 bridgehead atoms. The van der Waals surface area contributed by atoms with Crippen LogP contribution in [-0.2, 0) is 4.87 Å². The molecule has 0 saturated heterocycles. The van der Waals surface area contributed by atoms with Gasteiger partial charge >= 0.3 is 0 Å². The van der Waals surface area contributed by atoms with E-state index in [0.717, 1.165) is 16.5 Å². The van der Waals surface area contributed by atoms with E-state index in [4.69, 9.17) is 23.2 Å². The van der Waals surface area contributed by atoms with E-state index in [1.54, 1.807) is 6.20 Å². The largest absolute Gasteiger partial charge is 0.158 e. The van der Waals surface area contributed by atoms with Gasteiger partial charge < -0.3 is 0 Å². The van der Waals surface area contributed by atoms with Crippen molar-refractivity contribution in [2.75, 3.05) is 0 Å². The number of halogens is 2. The molecule has 1 aliphatic carbocycles. The van der Waals surface area contributed by atoms with Crippen LogP contribution in [-0.4, -0.2) is 10.2 Å². The Morgan fingerprint density at radius 2 is 2.06 bits per heavy atom. The van der Waals surface area contributed by atoms with Crippen LogP contribution in [0.5, 0.6) is 0 Å². The number of benzene rings is 1. The second-order valence-electron chi connectivity index (χ2n) is 4.27. The molecule has 4 heteroatoms. The minimum atomic E-state index is -0.660. The van der Waals surface area contributed by atoms with Crippen molar-refractivity contribution >= 4 is 34.0 Å². The van der Waals surface area contributed by atoms with Crippen molar-refractivity contribution in [1.29, 1.82) is 0 Å². The maximum absolute atomic E-state index is 6.65. The van der Waals surface area contributed by atoms with Gasteiger partial charge in [-0.15, -0.1) is 11.6 Å². The van der Waals surface area contributed by atoms with E-state index in [0.29, 0.717) is 11.5 Å². The van der Waals surface area contributed by atoms with Crippen molar-refractivity contribution < 1.29 is 0 Å². The highest BCUT2D eigenvalue weighted by Gasteiger charge is 2.31. The number of alkyl halides is 1. The summed E-state index contributed by atoms with van der Waals surface area (Å²) in [4.78, 5) is -0.660. The highest BCUT2D eigenvalue weighted by atomic mass is 35.5. The summed E-state index contributed by atoms with van der Waals surface area (Å²) in [7, 11) is 0. The van der Waals surface area contributed by atoms with E-state index in [1.165, 1.54) is 0 Å². The molecule has 0 fully saturated rings. The smallest absolute Gasteiger partial charge is 0.111 e. The van der Waals surface area contributed by atoms with Crippen molar-refractivity contribution in [1.82, 2.24) is 10.2 Å². The molecule has 2 nitrogen and oxygen atoms in total. The zero-order valence-corrected chi connectivity index (χ0v) is 11.0. The summed E-state index contributed by atoms with van der Waals surface area (Å²) in [6.45, 7) is 0. The molecule has 1 aromatic carbocycles. The van der Waals surface area contributed by atoms with Crippen LogP contribution < -0.4 is 0 Å². The zero-order chi connectivity index (χ0) is 12.6. The van der Waals surface area contributed by atoms with Gasteiger partial charge in [-0.2, -0.15) is 10.2 Å². The van der Waals surface area contributed by atoms with Crippen molar-refractivity contribution in [2.24, 2.45) is 0 Å². The number of allylic oxidation sites excluding steroid dienone is 4. The average Bonchev–Trinajstić information content (AvgIpc) is 2.42. The predicted molar refractivity (Wildman–Crippen MR) is 74.8 cm³/mol. The minimum Gasteiger partial charge on any atom is -0.158 e. The van der Waals surface area contributed by atoms with E-state index in [1.807, 2.05) is 42.5 Å². The Morgan fingerprint density at radius 1 is 1.22 bits per heavy atom. The molecule has 1 heterocycles. The topological polar surface area (TPSA) is 25.8 Å². The lowest BCUT2D eigenvalue weighted by Crippen LogP contribution is -2.19. The molecule has 90 valence electrons. The summed E-state index contributed by atoms with van der Waals surface area (Å²) in [6.07, 6.45) is 7.95. The van der Waals surface area contributed by atoms with Crippen LogP contribution in [0.25, 0.3) is 10.8 Å². The quantitative estimate of drug-likeness (QED) is 0.732. The maximum Gasteiger partial charge on any atom is 0.111 e. The van der Waals surface area contributed by atoms with E-state index in [-0.39, 0.29) is 0 Å². The molecule has 18 heavy (non-hydrogen) atoms. The first-order valence-corrected chi connectivity index (χ1v) is 6.39. The Balaban J connectivity index is 2.18. The van der Waals surface area contributed by atoms with Crippen LogP contribution in [0.3, 0.4) is 0 Å². The Kier molecular flexibility index (Phi) is 2.84. The fourth-order valence-electron chi connectivity index (χ4n) is 2.10. The number of aromatic nitrogens is 2. The Labute approximate surface area is 115 Å². The number of rotatable bonds is 1. The predicted octanol–water partition coefficient (Wildman–Crippen LogP) is 4.15. The third kappa shape index (κ3) is 1.92. The summed E-state index contributed by atoms with van der Waals surface area (Å²) in [5.41, 5.74) is 0.777. The van der Waals surface area contributed by atoms with Crippen LogP contribution >= 0.6 is 23.2 Å². The van der Waals surface area contributed by atoms with Gasteiger partial charge in [0.15, 0.2) is 0 Å². The monoisotopic (exact) mass is 276 g/mol. The first-order chi connectivity index (χ1) is 8.69. The van der Waals surface area contributed by atoms with Gasteiger partial charge in [-0.25, -0.2) is 0 Å². The number of fused-ring (bicyclic) bond motifs is 1. The van der Waals surface area contributed by atoms with Crippen LogP contribution in [0.2, 0.25) is 0 Å². The van der Waals surface area contributed by atoms with Gasteiger partial charge in [0.2, 0.25) is 0 Å². The van der Waals surface area contributed by atoms with Gasteiger partial charge in [0.25, 0.3) is 0 Å². The molecule has 1 aromatic heterocycles. The van der Waals surface area contributed by atoms with Crippen LogP contribution in [0.15, 0.2) is 53.7 Å². The molecule has 2 aromatic rings. The molecule has 0 radical (unpaired) electrons. The van der Waals surface area contributed by atoms with Crippen molar-refractivity contribution in [3.63, 3.8) is 0 Å². The molecule has 3 rings (SSSR count). The van der Waals surface area contributed by atoms with E-state index >= 15 is 0 Å². The molecule has 1 aliphatic rings. The van der Waals surface area contributed by atoms with Crippen molar-refractivity contribution in [2.45, 2.75) is 11.3 Å². The Bertz CT molecular complexity index is 658. The molecule has 0 aliphatic heterocycles. The van der Waals surface area contributed by atoms with Gasteiger partial charge in [-0.05, 0) is 12.5 Å². The lowest BCUT2D eigenvalue weighted by Gasteiger charge is -2.24. The molecule has 1 atom stereocenters. The first kappa shape index (κ1) is 11.7. The average molecular weight is 277 g/mol. The SMILES string of the molecule is ClC1=CCC(Cl)(c2nncc3ccccc23)C=C1. The van der Waals surface area contributed by atoms with E-state index < -0.39 is 4.87 Å². The number of hydrogen-bond acceptors (Lipinski definition) is 2. The molecular weight excluding hydrogens is 267 g/mol. The summed E-state index contributed by atoms with van der Waals surface area (Å²) < 4.78 is 0. The third-order valence-corrected chi connectivity index (χ3v) is 3.80. The Morgan fingerprint density at radius 3 is 2.83 bits per heavy atom. The van der Waals surface area contributed by atoms with Crippen LogP contribution in [0, 0.1) is 0 Å². The number of hydrogen-bond donors (Lipinski definition) is 0. The summed E-state index contributed by atoms with van der Waals surface area (Å²) >= 11 is 12.6. The molecule has 0 amide bonds.